The normalized spacial score (nSPS) is 29.7. The van der Waals surface area contributed by atoms with E-state index in [1.807, 2.05) is 7.05 Å². The molecule has 2 rings (SSSR count). The molecule has 0 aromatic carbocycles. The molecule has 0 aromatic rings. The van der Waals surface area contributed by atoms with Crippen LogP contribution in [0, 0.1) is 5.92 Å². The van der Waals surface area contributed by atoms with Crippen LogP contribution in [0.5, 0.6) is 0 Å². The van der Waals surface area contributed by atoms with Crippen molar-refractivity contribution in [2.45, 2.75) is 82.7 Å². The molecule has 0 aliphatic heterocycles. The van der Waals surface area contributed by atoms with Crippen molar-refractivity contribution in [2.75, 3.05) is 7.05 Å². The average Bonchev–Trinajstić information content (AvgIpc) is 2.68. The fraction of sp³-hybridized carbons (Fsp3) is 0.938. The van der Waals surface area contributed by atoms with E-state index in [0.29, 0.717) is 23.9 Å². The quantitative estimate of drug-likeness (QED) is 0.768. The van der Waals surface area contributed by atoms with E-state index in [0.717, 1.165) is 6.42 Å². The Morgan fingerprint density at radius 3 is 2.11 bits per heavy atom. The SMILES string of the molecule is CNC1CCC(CC(=O)NC2CCCCCC2)CC1. The molecule has 0 aromatic heterocycles. The molecule has 2 fully saturated rings. The summed E-state index contributed by atoms with van der Waals surface area (Å²) in [6.45, 7) is 0. The summed E-state index contributed by atoms with van der Waals surface area (Å²) >= 11 is 0. The van der Waals surface area contributed by atoms with E-state index < -0.39 is 0 Å². The summed E-state index contributed by atoms with van der Waals surface area (Å²) in [5, 5.41) is 6.63. The third-order valence-electron chi connectivity index (χ3n) is 4.95. The Labute approximate surface area is 117 Å². The summed E-state index contributed by atoms with van der Waals surface area (Å²) in [4.78, 5) is 12.1. The molecule has 0 unspecified atom stereocenters. The van der Waals surface area contributed by atoms with Gasteiger partial charge >= 0.3 is 0 Å². The highest BCUT2D eigenvalue weighted by Gasteiger charge is 2.23. The number of rotatable bonds is 4. The predicted molar refractivity (Wildman–Crippen MR) is 79.1 cm³/mol. The molecule has 2 saturated carbocycles. The second-order valence-electron chi connectivity index (χ2n) is 6.47. The van der Waals surface area contributed by atoms with Gasteiger partial charge in [0.25, 0.3) is 0 Å². The van der Waals surface area contributed by atoms with Gasteiger partial charge in [0.2, 0.25) is 5.91 Å². The van der Waals surface area contributed by atoms with E-state index in [2.05, 4.69) is 10.6 Å². The molecular formula is C16H30N2O. The van der Waals surface area contributed by atoms with Crippen LogP contribution in [0.15, 0.2) is 0 Å². The maximum absolute atomic E-state index is 12.1. The van der Waals surface area contributed by atoms with Crippen molar-refractivity contribution in [2.24, 2.45) is 5.92 Å². The molecule has 2 N–H and O–H groups in total. The summed E-state index contributed by atoms with van der Waals surface area (Å²) < 4.78 is 0. The first-order chi connectivity index (χ1) is 9.28. The van der Waals surface area contributed by atoms with Gasteiger partial charge in [-0.1, -0.05) is 25.7 Å². The van der Waals surface area contributed by atoms with Crippen molar-refractivity contribution in [1.29, 1.82) is 0 Å². The largest absolute Gasteiger partial charge is 0.353 e. The van der Waals surface area contributed by atoms with Gasteiger partial charge in [0.1, 0.15) is 0 Å². The number of hydrogen-bond acceptors (Lipinski definition) is 2. The number of amides is 1. The molecular weight excluding hydrogens is 236 g/mol. The zero-order chi connectivity index (χ0) is 13.5. The van der Waals surface area contributed by atoms with Gasteiger partial charge in [-0.2, -0.15) is 0 Å². The van der Waals surface area contributed by atoms with Crippen LogP contribution in [-0.2, 0) is 4.79 Å². The van der Waals surface area contributed by atoms with Crippen molar-refractivity contribution < 1.29 is 4.79 Å². The Hall–Kier alpha value is -0.570. The second kappa shape index (κ2) is 7.88. The van der Waals surface area contributed by atoms with Crippen molar-refractivity contribution in [1.82, 2.24) is 10.6 Å². The second-order valence-corrected chi connectivity index (χ2v) is 6.47. The molecule has 0 radical (unpaired) electrons. The average molecular weight is 266 g/mol. The lowest BCUT2D eigenvalue weighted by Crippen LogP contribution is -2.37. The number of nitrogens with one attached hydrogen (secondary N) is 2. The fourth-order valence-electron chi connectivity index (χ4n) is 3.63. The Morgan fingerprint density at radius 1 is 0.895 bits per heavy atom. The summed E-state index contributed by atoms with van der Waals surface area (Å²) in [6, 6.07) is 1.14. The first-order valence-corrected chi connectivity index (χ1v) is 8.24. The molecule has 0 heterocycles. The minimum absolute atomic E-state index is 0.305. The van der Waals surface area contributed by atoms with E-state index in [1.54, 1.807) is 0 Å². The minimum atomic E-state index is 0.305. The molecule has 19 heavy (non-hydrogen) atoms. The van der Waals surface area contributed by atoms with E-state index in [1.165, 1.54) is 64.2 Å². The smallest absolute Gasteiger partial charge is 0.220 e. The lowest BCUT2D eigenvalue weighted by molar-refractivity contribution is -0.123. The van der Waals surface area contributed by atoms with Crippen molar-refractivity contribution >= 4 is 5.91 Å². The molecule has 1 amide bonds. The molecule has 2 aliphatic rings. The number of carbonyl (C=O) groups is 1. The highest BCUT2D eigenvalue weighted by atomic mass is 16.1. The highest BCUT2D eigenvalue weighted by Crippen LogP contribution is 2.27. The van der Waals surface area contributed by atoms with Crippen LogP contribution in [-0.4, -0.2) is 25.0 Å². The fourth-order valence-corrected chi connectivity index (χ4v) is 3.63. The molecule has 110 valence electrons. The molecule has 3 heteroatoms. The Balaban J connectivity index is 1.66. The van der Waals surface area contributed by atoms with Gasteiger partial charge in [0, 0.05) is 18.5 Å². The number of carbonyl (C=O) groups excluding carboxylic acids is 1. The summed E-state index contributed by atoms with van der Waals surface area (Å²) in [7, 11) is 2.05. The van der Waals surface area contributed by atoms with Crippen LogP contribution in [0.1, 0.15) is 70.6 Å². The first kappa shape index (κ1) is 14.8. The van der Waals surface area contributed by atoms with Crippen LogP contribution in [0.3, 0.4) is 0 Å². The standard InChI is InChI=1S/C16H30N2O/c1-17-14-10-8-13(9-11-14)12-16(19)18-15-6-4-2-3-5-7-15/h13-15,17H,2-12H2,1H3,(H,18,19). The summed E-state index contributed by atoms with van der Waals surface area (Å²) in [5.41, 5.74) is 0. The monoisotopic (exact) mass is 266 g/mol. The molecule has 0 atom stereocenters. The lowest BCUT2D eigenvalue weighted by Gasteiger charge is -2.28. The zero-order valence-electron chi connectivity index (χ0n) is 12.4. The van der Waals surface area contributed by atoms with Gasteiger partial charge < -0.3 is 10.6 Å². The zero-order valence-corrected chi connectivity index (χ0v) is 12.4. The Morgan fingerprint density at radius 2 is 1.53 bits per heavy atom. The van der Waals surface area contributed by atoms with Gasteiger partial charge in [-0.05, 0) is 51.5 Å². The third-order valence-corrected chi connectivity index (χ3v) is 4.95. The van der Waals surface area contributed by atoms with Crippen molar-refractivity contribution in [3.8, 4) is 0 Å². The van der Waals surface area contributed by atoms with Gasteiger partial charge in [0.15, 0.2) is 0 Å². The van der Waals surface area contributed by atoms with Crippen LogP contribution in [0.2, 0.25) is 0 Å². The molecule has 0 bridgehead atoms. The van der Waals surface area contributed by atoms with E-state index in [4.69, 9.17) is 0 Å². The lowest BCUT2D eigenvalue weighted by atomic mass is 9.84. The Bertz CT molecular complexity index is 264. The van der Waals surface area contributed by atoms with Gasteiger partial charge in [-0.3, -0.25) is 4.79 Å². The topological polar surface area (TPSA) is 41.1 Å². The Kier molecular flexibility index (Phi) is 6.15. The van der Waals surface area contributed by atoms with E-state index in [9.17, 15) is 4.79 Å². The first-order valence-electron chi connectivity index (χ1n) is 8.24. The third kappa shape index (κ3) is 5.13. The van der Waals surface area contributed by atoms with Gasteiger partial charge in [0.05, 0.1) is 0 Å². The highest BCUT2D eigenvalue weighted by molar-refractivity contribution is 5.76. The van der Waals surface area contributed by atoms with Gasteiger partial charge in [-0.25, -0.2) is 0 Å². The van der Waals surface area contributed by atoms with Crippen LogP contribution in [0.4, 0.5) is 0 Å². The molecule has 3 nitrogen and oxygen atoms in total. The maximum Gasteiger partial charge on any atom is 0.220 e. The van der Waals surface area contributed by atoms with Crippen LogP contribution >= 0.6 is 0 Å². The maximum atomic E-state index is 12.1. The van der Waals surface area contributed by atoms with Crippen molar-refractivity contribution in [3.63, 3.8) is 0 Å². The molecule has 0 saturated heterocycles. The number of hydrogen-bond donors (Lipinski definition) is 2. The molecule has 0 spiro atoms. The van der Waals surface area contributed by atoms with Crippen LogP contribution in [0.25, 0.3) is 0 Å². The predicted octanol–water partition coefficient (Wildman–Crippen LogP) is 2.99. The van der Waals surface area contributed by atoms with Crippen LogP contribution < -0.4 is 10.6 Å². The molecule has 2 aliphatic carbocycles. The summed E-state index contributed by atoms with van der Waals surface area (Å²) in [6.07, 6.45) is 13.3. The summed E-state index contributed by atoms with van der Waals surface area (Å²) in [5.74, 6) is 0.926. The van der Waals surface area contributed by atoms with Crippen molar-refractivity contribution in [3.05, 3.63) is 0 Å². The van der Waals surface area contributed by atoms with E-state index >= 15 is 0 Å². The van der Waals surface area contributed by atoms with E-state index in [-0.39, 0.29) is 0 Å². The minimum Gasteiger partial charge on any atom is -0.353 e. The van der Waals surface area contributed by atoms with Gasteiger partial charge in [-0.15, -0.1) is 0 Å².